The summed E-state index contributed by atoms with van der Waals surface area (Å²) in [6.45, 7) is 5.81. The molecule has 0 aromatic carbocycles. The summed E-state index contributed by atoms with van der Waals surface area (Å²) in [5.74, 6) is 0.0550. The van der Waals surface area contributed by atoms with Crippen molar-refractivity contribution in [2.45, 2.75) is 39.7 Å². The predicted molar refractivity (Wildman–Crippen MR) is 65.1 cm³/mol. The van der Waals surface area contributed by atoms with E-state index in [1.54, 1.807) is 0 Å². The first-order valence-corrected chi connectivity index (χ1v) is 5.76. The van der Waals surface area contributed by atoms with Gasteiger partial charge in [0.1, 0.15) is 5.78 Å². The third-order valence-corrected chi connectivity index (χ3v) is 2.95. The van der Waals surface area contributed by atoms with E-state index in [1.807, 2.05) is 32.2 Å². The molecule has 0 fully saturated rings. The van der Waals surface area contributed by atoms with Crippen LogP contribution in [0.25, 0.3) is 0 Å². The van der Waals surface area contributed by atoms with Crippen molar-refractivity contribution in [3.63, 3.8) is 0 Å². The highest BCUT2D eigenvalue weighted by Gasteiger charge is 2.17. The lowest BCUT2D eigenvalue weighted by Gasteiger charge is -2.13. The predicted octanol–water partition coefficient (Wildman–Crippen LogP) is 1.74. The molecule has 2 atom stereocenters. The third-order valence-electron chi connectivity index (χ3n) is 2.95. The number of carbonyl (C=O) groups excluding carboxylic acids is 1. The molecule has 0 saturated heterocycles. The zero-order valence-electron chi connectivity index (χ0n) is 10.2. The van der Waals surface area contributed by atoms with Crippen molar-refractivity contribution in [1.29, 1.82) is 0 Å². The molecule has 1 aromatic rings. The van der Waals surface area contributed by atoms with Gasteiger partial charge in [0.25, 0.3) is 0 Å². The topological polar surface area (TPSA) is 56.0 Å². The van der Waals surface area contributed by atoms with Crippen LogP contribution in [0.15, 0.2) is 18.3 Å². The van der Waals surface area contributed by atoms with Crippen molar-refractivity contribution in [3.05, 3.63) is 29.6 Å². The van der Waals surface area contributed by atoms with Crippen molar-refractivity contribution < 1.29 is 4.79 Å². The van der Waals surface area contributed by atoms with E-state index in [1.165, 1.54) is 5.56 Å². The van der Waals surface area contributed by atoms with E-state index < -0.39 is 0 Å². The maximum atomic E-state index is 11.8. The maximum Gasteiger partial charge on any atom is 0.143 e. The number of aromatic nitrogens is 1. The Kier molecular flexibility index (Phi) is 4.62. The van der Waals surface area contributed by atoms with Crippen LogP contribution in [0, 0.1) is 5.92 Å². The lowest BCUT2D eigenvalue weighted by atomic mass is 9.96. The molecule has 0 spiro atoms. The van der Waals surface area contributed by atoms with Crippen LogP contribution in [-0.2, 0) is 17.6 Å². The molecule has 2 N–H and O–H groups in total. The standard InChI is InChI=1S/C13H20N2O/c1-4-11-5-6-12(15-8-11)7-13(16)9(2)10(3)14/h5-6,8-10H,4,7,14H2,1-3H3. The fourth-order valence-electron chi connectivity index (χ4n) is 1.40. The summed E-state index contributed by atoms with van der Waals surface area (Å²) in [6, 6.07) is 3.85. The number of ketones is 1. The number of carbonyl (C=O) groups is 1. The van der Waals surface area contributed by atoms with Crippen molar-refractivity contribution in [2.75, 3.05) is 0 Å². The van der Waals surface area contributed by atoms with E-state index >= 15 is 0 Å². The van der Waals surface area contributed by atoms with E-state index in [2.05, 4.69) is 11.9 Å². The SMILES string of the molecule is CCc1ccc(CC(=O)C(C)C(C)N)nc1. The van der Waals surface area contributed by atoms with Gasteiger partial charge < -0.3 is 5.73 Å². The molecule has 0 amide bonds. The first-order chi connectivity index (χ1) is 7.54. The second kappa shape index (κ2) is 5.75. The molecule has 16 heavy (non-hydrogen) atoms. The van der Waals surface area contributed by atoms with Crippen LogP contribution in [0.5, 0.6) is 0 Å². The highest BCUT2D eigenvalue weighted by Crippen LogP contribution is 2.08. The van der Waals surface area contributed by atoms with E-state index in [0.717, 1.165) is 12.1 Å². The van der Waals surface area contributed by atoms with E-state index in [0.29, 0.717) is 6.42 Å². The second-order valence-electron chi connectivity index (χ2n) is 4.30. The Bertz CT molecular complexity index is 343. The van der Waals surface area contributed by atoms with E-state index in [-0.39, 0.29) is 17.7 Å². The largest absolute Gasteiger partial charge is 0.327 e. The number of pyridine rings is 1. The lowest BCUT2D eigenvalue weighted by molar-refractivity contribution is -0.122. The fourth-order valence-corrected chi connectivity index (χ4v) is 1.40. The highest BCUT2D eigenvalue weighted by molar-refractivity contribution is 5.83. The van der Waals surface area contributed by atoms with Gasteiger partial charge in [-0.3, -0.25) is 9.78 Å². The van der Waals surface area contributed by atoms with Gasteiger partial charge in [0.15, 0.2) is 0 Å². The third kappa shape index (κ3) is 3.42. The van der Waals surface area contributed by atoms with Gasteiger partial charge in [-0.15, -0.1) is 0 Å². The summed E-state index contributed by atoms with van der Waals surface area (Å²) in [6.07, 6.45) is 3.18. The summed E-state index contributed by atoms with van der Waals surface area (Å²) >= 11 is 0. The van der Waals surface area contributed by atoms with Gasteiger partial charge >= 0.3 is 0 Å². The molecule has 0 radical (unpaired) electrons. The lowest BCUT2D eigenvalue weighted by Crippen LogP contribution is -2.31. The van der Waals surface area contributed by atoms with Gasteiger partial charge in [-0.25, -0.2) is 0 Å². The van der Waals surface area contributed by atoms with Crippen LogP contribution >= 0.6 is 0 Å². The average molecular weight is 220 g/mol. The molecule has 1 heterocycles. The maximum absolute atomic E-state index is 11.8. The molecule has 0 aliphatic heterocycles. The zero-order valence-corrected chi connectivity index (χ0v) is 10.2. The fraction of sp³-hybridized carbons (Fsp3) is 0.538. The Morgan fingerprint density at radius 2 is 2.12 bits per heavy atom. The first kappa shape index (κ1) is 12.8. The normalized spacial score (nSPS) is 14.5. The van der Waals surface area contributed by atoms with Crippen LogP contribution < -0.4 is 5.73 Å². The minimum absolute atomic E-state index is 0.0950. The molecule has 0 bridgehead atoms. The minimum Gasteiger partial charge on any atom is -0.327 e. The highest BCUT2D eigenvalue weighted by atomic mass is 16.1. The quantitative estimate of drug-likeness (QED) is 0.822. The molecule has 88 valence electrons. The van der Waals surface area contributed by atoms with Crippen LogP contribution in [0.2, 0.25) is 0 Å². The van der Waals surface area contributed by atoms with Gasteiger partial charge in [-0.05, 0) is 25.0 Å². The Morgan fingerprint density at radius 1 is 1.44 bits per heavy atom. The van der Waals surface area contributed by atoms with Gasteiger partial charge in [-0.1, -0.05) is 19.9 Å². The molecule has 2 unspecified atom stereocenters. The van der Waals surface area contributed by atoms with E-state index in [9.17, 15) is 4.79 Å². The van der Waals surface area contributed by atoms with Gasteiger partial charge in [0.05, 0.1) is 0 Å². The first-order valence-electron chi connectivity index (χ1n) is 5.76. The molecule has 0 saturated carbocycles. The summed E-state index contributed by atoms with van der Waals surface area (Å²) in [4.78, 5) is 16.1. The van der Waals surface area contributed by atoms with Crippen LogP contribution in [-0.4, -0.2) is 16.8 Å². The van der Waals surface area contributed by atoms with Gasteiger partial charge in [0, 0.05) is 30.3 Å². The zero-order chi connectivity index (χ0) is 12.1. The molecule has 0 aliphatic rings. The summed E-state index contributed by atoms with van der Waals surface area (Å²) in [7, 11) is 0. The van der Waals surface area contributed by atoms with Crippen molar-refractivity contribution >= 4 is 5.78 Å². The Balaban J connectivity index is 2.62. The second-order valence-corrected chi connectivity index (χ2v) is 4.30. The Morgan fingerprint density at radius 3 is 2.56 bits per heavy atom. The number of aryl methyl sites for hydroxylation is 1. The number of nitrogens with two attached hydrogens (primary N) is 1. The number of nitrogens with zero attached hydrogens (tertiary/aromatic N) is 1. The number of hydrogen-bond donors (Lipinski definition) is 1. The molecule has 1 rings (SSSR count). The van der Waals surface area contributed by atoms with Crippen molar-refractivity contribution in [3.8, 4) is 0 Å². The molecule has 1 aromatic heterocycles. The van der Waals surface area contributed by atoms with E-state index in [4.69, 9.17) is 5.73 Å². The minimum atomic E-state index is -0.104. The van der Waals surface area contributed by atoms with Crippen LogP contribution in [0.4, 0.5) is 0 Å². The number of hydrogen-bond acceptors (Lipinski definition) is 3. The summed E-state index contributed by atoms with van der Waals surface area (Å²) < 4.78 is 0. The smallest absolute Gasteiger partial charge is 0.143 e. The molecule has 3 nitrogen and oxygen atoms in total. The monoisotopic (exact) mass is 220 g/mol. The van der Waals surface area contributed by atoms with Gasteiger partial charge in [0.2, 0.25) is 0 Å². The summed E-state index contributed by atoms with van der Waals surface area (Å²) in [5, 5.41) is 0. The Labute approximate surface area is 97.1 Å². The van der Waals surface area contributed by atoms with Crippen molar-refractivity contribution in [1.82, 2.24) is 4.98 Å². The molecule has 3 heteroatoms. The van der Waals surface area contributed by atoms with Crippen LogP contribution in [0.1, 0.15) is 32.0 Å². The number of Topliss-reactive ketones (excluding diaryl/α,β-unsaturated/α-hetero) is 1. The molecular formula is C13H20N2O. The Hall–Kier alpha value is -1.22. The number of rotatable bonds is 5. The summed E-state index contributed by atoms with van der Waals surface area (Å²) in [5.41, 5.74) is 7.71. The van der Waals surface area contributed by atoms with Crippen molar-refractivity contribution in [2.24, 2.45) is 11.7 Å². The van der Waals surface area contributed by atoms with Gasteiger partial charge in [-0.2, -0.15) is 0 Å². The molecule has 0 aliphatic carbocycles. The average Bonchev–Trinajstić information content (AvgIpc) is 2.28. The van der Waals surface area contributed by atoms with Crippen LogP contribution in [0.3, 0.4) is 0 Å². The molecular weight excluding hydrogens is 200 g/mol.